The molecule has 0 spiro atoms. The van der Waals surface area contributed by atoms with Gasteiger partial charge < -0.3 is 38.7 Å². The summed E-state index contributed by atoms with van der Waals surface area (Å²) >= 11 is 0. The van der Waals surface area contributed by atoms with Crippen molar-refractivity contribution in [2.75, 3.05) is 58.3 Å². The number of hydrogen-bond acceptors (Lipinski definition) is 9. The third kappa shape index (κ3) is 10.2. The fraction of sp³-hybridized carbons (Fsp3) is 0.590. The Kier molecular flexibility index (Phi) is 13.1. The van der Waals surface area contributed by atoms with Crippen LogP contribution in [-0.4, -0.2) is 125 Å². The number of carbonyl (C=O) groups is 3. The number of ether oxygens (including phenoxy) is 2. The predicted octanol–water partition coefficient (Wildman–Crippen LogP) is 4.74. The largest absolute Gasteiger partial charge is 0.457 e. The number of aromatic nitrogens is 2. The van der Waals surface area contributed by atoms with Gasteiger partial charge in [-0.2, -0.15) is 0 Å². The molecule has 52 heavy (non-hydrogen) atoms. The molecule has 3 aliphatic rings. The summed E-state index contributed by atoms with van der Waals surface area (Å²) in [4.78, 5) is 51.0. The number of piperazine rings is 1. The van der Waals surface area contributed by atoms with Gasteiger partial charge >= 0.3 is 12.1 Å². The first-order valence-electron chi connectivity index (χ1n) is 18.5. The third-order valence-corrected chi connectivity index (χ3v) is 10.6. The van der Waals surface area contributed by atoms with Gasteiger partial charge in [-0.05, 0) is 81.0 Å². The lowest BCUT2D eigenvalue weighted by molar-refractivity contribution is -0.151. The summed E-state index contributed by atoms with van der Waals surface area (Å²) in [5.74, 6) is -1.39. The number of imidazole rings is 1. The molecule has 0 aliphatic carbocycles. The van der Waals surface area contributed by atoms with Gasteiger partial charge in [-0.1, -0.05) is 26.0 Å². The number of aliphatic hydroxyl groups is 1. The molecule has 1 aromatic heterocycles. The molecule has 12 nitrogen and oxygen atoms in total. The zero-order chi connectivity index (χ0) is 37.5. The maximum atomic E-state index is 15.1. The Bertz CT molecular complexity index is 1610. The Balaban J connectivity index is 1.30. The molecule has 0 saturated carbocycles. The number of carbonyl (C=O) groups excluding carboxylic acids is 3. The number of anilines is 1. The molecule has 2 aromatic rings. The highest BCUT2D eigenvalue weighted by Gasteiger charge is 2.30. The molecule has 2 fully saturated rings. The van der Waals surface area contributed by atoms with Crippen LogP contribution in [0.4, 0.5) is 14.9 Å². The Hall–Kier alpha value is -4.23. The van der Waals surface area contributed by atoms with Crippen molar-refractivity contribution >= 4 is 29.7 Å². The van der Waals surface area contributed by atoms with Crippen LogP contribution in [0.1, 0.15) is 68.9 Å². The van der Waals surface area contributed by atoms with E-state index in [4.69, 9.17) is 9.47 Å². The molecule has 2 saturated heterocycles. The Morgan fingerprint density at radius 1 is 1.00 bits per heavy atom. The lowest BCUT2D eigenvalue weighted by Gasteiger charge is -2.37. The Morgan fingerprint density at radius 3 is 2.38 bits per heavy atom. The van der Waals surface area contributed by atoms with Crippen LogP contribution in [0.25, 0.3) is 6.08 Å². The number of hydrogen-bond donors (Lipinski definition) is 1. The average molecular weight is 723 g/mol. The SMILES string of the molecule is C/C(=C\c1cc(F)cc(N(C)C2CCN(C(=O)c3cn(C)cn3)CC2)c1)[C@H]1OC(=O)C[C@H](O)CC[C@H](C)[C@@H](OC(=O)N2CCN(C)CC2)/C=C\[C@@H]1C. The maximum absolute atomic E-state index is 15.1. The normalized spacial score (nSPS) is 26.6. The summed E-state index contributed by atoms with van der Waals surface area (Å²) in [6.07, 6.45) is 8.70. The molecule has 284 valence electrons. The van der Waals surface area contributed by atoms with Gasteiger partial charge in [0, 0.05) is 77.2 Å². The van der Waals surface area contributed by atoms with Crippen molar-refractivity contribution in [1.82, 2.24) is 24.3 Å². The van der Waals surface area contributed by atoms with Crippen LogP contribution in [0, 0.1) is 17.7 Å². The molecular formula is C39H55FN6O6. The van der Waals surface area contributed by atoms with Crippen LogP contribution in [0.2, 0.25) is 0 Å². The van der Waals surface area contributed by atoms with Gasteiger partial charge in [-0.3, -0.25) is 9.59 Å². The fourth-order valence-electron chi connectivity index (χ4n) is 7.21. The second kappa shape index (κ2) is 17.5. The minimum atomic E-state index is -0.895. The summed E-state index contributed by atoms with van der Waals surface area (Å²) in [7, 11) is 5.80. The molecule has 1 N–H and O–H groups in total. The second-order valence-electron chi connectivity index (χ2n) is 14.9. The van der Waals surface area contributed by atoms with E-state index < -0.39 is 30.1 Å². The van der Waals surface area contributed by atoms with Crippen molar-refractivity contribution in [1.29, 1.82) is 0 Å². The molecule has 5 atom stereocenters. The predicted molar refractivity (Wildman–Crippen MR) is 197 cm³/mol. The number of halogens is 1. The topological polar surface area (TPSA) is 121 Å². The minimum Gasteiger partial charge on any atom is -0.457 e. The summed E-state index contributed by atoms with van der Waals surface area (Å²) in [6, 6.07) is 4.98. The van der Waals surface area contributed by atoms with Crippen molar-refractivity contribution < 1.29 is 33.4 Å². The second-order valence-corrected chi connectivity index (χ2v) is 14.9. The quantitative estimate of drug-likeness (QED) is 0.333. The monoisotopic (exact) mass is 722 g/mol. The van der Waals surface area contributed by atoms with Gasteiger partial charge in [0.2, 0.25) is 0 Å². The summed E-state index contributed by atoms with van der Waals surface area (Å²) in [6.45, 7) is 9.68. The molecule has 1 aromatic carbocycles. The fourth-order valence-corrected chi connectivity index (χ4v) is 7.21. The number of likely N-dealkylation sites (tertiary alicyclic amines) is 1. The first-order valence-corrected chi connectivity index (χ1v) is 18.5. The van der Waals surface area contributed by atoms with Crippen molar-refractivity contribution in [3.63, 3.8) is 0 Å². The van der Waals surface area contributed by atoms with Crippen LogP contribution >= 0.6 is 0 Å². The molecule has 3 aliphatic heterocycles. The third-order valence-electron chi connectivity index (χ3n) is 10.6. The molecule has 0 unspecified atom stereocenters. The number of benzene rings is 1. The Morgan fingerprint density at radius 2 is 1.71 bits per heavy atom. The number of nitrogens with zero attached hydrogens (tertiary/aromatic N) is 6. The van der Waals surface area contributed by atoms with E-state index >= 15 is 4.39 Å². The van der Waals surface area contributed by atoms with E-state index in [-0.39, 0.29) is 36.3 Å². The highest BCUT2D eigenvalue weighted by Crippen LogP contribution is 2.29. The highest BCUT2D eigenvalue weighted by molar-refractivity contribution is 5.92. The van der Waals surface area contributed by atoms with E-state index in [0.717, 1.165) is 25.9 Å². The maximum Gasteiger partial charge on any atom is 0.410 e. The number of rotatable bonds is 6. The van der Waals surface area contributed by atoms with E-state index in [1.165, 1.54) is 12.1 Å². The number of cyclic esters (lactones) is 1. The summed E-state index contributed by atoms with van der Waals surface area (Å²) in [5, 5.41) is 10.7. The molecule has 13 heteroatoms. The zero-order valence-electron chi connectivity index (χ0n) is 31.4. The molecule has 4 heterocycles. The number of aryl methyl sites for hydroxylation is 1. The zero-order valence-corrected chi connectivity index (χ0v) is 31.4. The average Bonchev–Trinajstić information content (AvgIpc) is 3.56. The molecule has 0 bridgehead atoms. The molecule has 5 rings (SSSR count). The standard InChI is InChI=1S/C39H55FN6O6/c1-26-7-9-33(47)23-36(48)52-37(27(2)8-10-35(26)51-39(50)46-17-15-42(4)16-18-46)28(3)19-29-20-30(40)22-32(21-29)44(6)31-11-13-45(14-12-31)38(49)34-24-43(5)25-41-34/h8,10,19-22,24-27,31,33,35,37,47H,7,9,11-18,23H2,1-6H3/b10-8-,28-19+/t26-,27-,33+,35-,37-/m0/s1. The van der Waals surface area contributed by atoms with E-state index in [9.17, 15) is 19.5 Å². The number of likely N-dealkylation sites (N-methyl/N-ethyl adjacent to an activating group) is 1. The first kappa shape index (κ1) is 39.0. The Labute approximate surface area is 306 Å². The summed E-state index contributed by atoms with van der Waals surface area (Å²) in [5.41, 5.74) is 2.46. The number of aliphatic hydroxyl groups excluding tert-OH is 1. The van der Waals surface area contributed by atoms with Gasteiger partial charge in [-0.15, -0.1) is 0 Å². The number of piperidine rings is 1. The smallest absolute Gasteiger partial charge is 0.410 e. The lowest BCUT2D eigenvalue weighted by Crippen LogP contribution is -2.48. The lowest BCUT2D eigenvalue weighted by atomic mass is 9.91. The van der Waals surface area contributed by atoms with E-state index in [1.54, 1.807) is 22.0 Å². The van der Waals surface area contributed by atoms with Crippen LogP contribution in [-0.2, 0) is 21.3 Å². The van der Waals surface area contributed by atoms with Gasteiger partial charge in [0.05, 0.1) is 18.9 Å². The van der Waals surface area contributed by atoms with Crippen LogP contribution in [0.5, 0.6) is 0 Å². The van der Waals surface area contributed by atoms with Gasteiger partial charge in [0.25, 0.3) is 5.91 Å². The summed E-state index contributed by atoms with van der Waals surface area (Å²) < 4.78 is 28.9. The van der Waals surface area contributed by atoms with Crippen molar-refractivity contribution in [2.45, 2.75) is 77.2 Å². The van der Waals surface area contributed by atoms with Gasteiger partial charge in [-0.25, -0.2) is 14.2 Å². The van der Waals surface area contributed by atoms with Crippen molar-refractivity contribution in [3.8, 4) is 0 Å². The van der Waals surface area contributed by atoms with E-state index in [1.807, 2.05) is 71.1 Å². The molecular weight excluding hydrogens is 667 g/mol. The number of esters is 1. The first-order chi connectivity index (χ1) is 24.8. The highest BCUT2D eigenvalue weighted by atomic mass is 19.1. The van der Waals surface area contributed by atoms with Crippen molar-refractivity contribution in [3.05, 3.63) is 65.5 Å². The molecule has 0 radical (unpaired) electrons. The van der Waals surface area contributed by atoms with Crippen LogP contribution in [0.15, 0.2) is 48.4 Å². The molecule has 2 amide bonds. The number of amides is 2. The van der Waals surface area contributed by atoms with Crippen LogP contribution < -0.4 is 4.90 Å². The van der Waals surface area contributed by atoms with E-state index in [2.05, 4.69) is 14.8 Å². The van der Waals surface area contributed by atoms with Gasteiger partial charge in [0.15, 0.2) is 0 Å². The van der Waals surface area contributed by atoms with Gasteiger partial charge in [0.1, 0.15) is 23.7 Å². The van der Waals surface area contributed by atoms with Crippen LogP contribution in [0.3, 0.4) is 0 Å². The van der Waals surface area contributed by atoms with Crippen molar-refractivity contribution in [2.24, 2.45) is 18.9 Å². The van der Waals surface area contributed by atoms with E-state index in [0.29, 0.717) is 61.5 Å². The minimum absolute atomic E-state index is 0.0851.